The third-order valence-electron chi connectivity index (χ3n) is 3.13. The fraction of sp³-hybridized carbons (Fsp3) is 0.200. The first kappa shape index (κ1) is 13.8. The summed E-state index contributed by atoms with van der Waals surface area (Å²) in [5, 5.41) is 0. The smallest absolute Gasteiger partial charge is 0.0552 e. The zero-order chi connectivity index (χ0) is 13.3. The highest BCUT2D eigenvalue weighted by Gasteiger charge is 2.11. The zero-order valence-electron chi connectivity index (χ0n) is 10.4. The van der Waals surface area contributed by atoms with Crippen LogP contribution in [0.3, 0.4) is 0 Å². The van der Waals surface area contributed by atoms with Gasteiger partial charge in [0.15, 0.2) is 0 Å². The quantitative estimate of drug-likeness (QED) is 0.803. The number of hydrogen-bond acceptors (Lipinski definition) is 1. The summed E-state index contributed by atoms with van der Waals surface area (Å²) >= 11 is 6.99. The first-order valence-electron chi connectivity index (χ1n) is 5.76. The Kier molecular flexibility index (Phi) is 4.25. The Bertz CT molecular complexity index is 558. The van der Waals surface area contributed by atoms with Crippen LogP contribution >= 0.6 is 31.9 Å². The predicted octanol–water partition coefficient (Wildman–Crippen LogP) is 4.88. The molecule has 1 unspecified atom stereocenters. The van der Waals surface area contributed by atoms with Gasteiger partial charge in [0.2, 0.25) is 0 Å². The molecule has 0 aliphatic carbocycles. The Labute approximate surface area is 125 Å². The van der Waals surface area contributed by atoms with Crippen molar-refractivity contribution >= 4 is 31.9 Å². The van der Waals surface area contributed by atoms with Crippen molar-refractivity contribution < 1.29 is 0 Å². The SMILES string of the molecule is Cc1ccc(C(N)c2cc(Br)cc(Br)c2)cc1C. The summed E-state index contributed by atoms with van der Waals surface area (Å²) in [4.78, 5) is 0. The van der Waals surface area contributed by atoms with Crippen LogP contribution in [0.4, 0.5) is 0 Å². The lowest BCUT2D eigenvalue weighted by Crippen LogP contribution is -2.12. The summed E-state index contributed by atoms with van der Waals surface area (Å²) < 4.78 is 2.07. The molecule has 1 atom stereocenters. The molecule has 0 amide bonds. The average molecular weight is 369 g/mol. The van der Waals surface area contributed by atoms with E-state index >= 15 is 0 Å². The fourth-order valence-electron chi connectivity index (χ4n) is 1.91. The molecule has 18 heavy (non-hydrogen) atoms. The van der Waals surface area contributed by atoms with Crippen LogP contribution in [0.2, 0.25) is 0 Å². The molecule has 0 saturated heterocycles. The van der Waals surface area contributed by atoms with Gasteiger partial charge in [-0.25, -0.2) is 0 Å². The van der Waals surface area contributed by atoms with Gasteiger partial charge in [0, 0.05) is 8.95 Å². The Morgan fingerprint density at radius 2 is 1.44 bits per heavy atom. The van der Waals surface area contributed by atoms with Crippen molar-refractivity contribution in [3.63, 3.8) is 0 Å². The molecular formula is C15H15Br2N. The third-order valence-corrected chi connectivity index (χ3v) is 4.05. The first-order valence-corrected chi connectivity index (χ1v) is 7.34. The zero-order valence-corrected chi connectivity index (χ0v) is 13.5. The number of benzene rings is 2. The van der Waals surface area contributed by atoms with E-state index in [9.17, 15) is 0 Å². The van der Waals surface area contributed by atoms with Crippen molar-refractivity contribution in [2.75, 3.05) is 0 Å². The highest BCUT2D eigenvalue weighted by atomic mass is 79.9. The minimum absolute atomic E-state index is 0.0990. The molecule has 2 rings (SSSR count). The minimum Gasteiger partial charge on any atom is -0.320 e. The molecule has 0 radical (unpaired) electrons. The molecule has 0 aliphatic heterocycles. The second kappa shape index (κ2) is 5.55. The summed E-state index contributed by atoms with van der Waals surface area (Å²) in [5.74, 6) is 0. The van der Waals surface area contributed by atoms with E-state index in [1.807, 2.05) is 6.07 Å². The van der Waals surface area contributed by atoms with Crippen LogP contribution in [-0.2, 0) is 0 Å². The number of nitrogens with two attached hydrogens (primary N) is 1. The number of hydrogen-bond donors (Lipinski definition) is 1. The molecule has 2 aromatic rings. The van der Waals surface area contributed by atoms with Crippen molar-refractivity contribution in [2.24, 2.45) is 5.73 Å². The molecule has 0 heterocycles. The van der Waals surface area contributed by atoms with E-state index < -0.39 is 0 Å². The van der Waals surface area contributed by atoms with Crippen molar-refractivity contribution in [3.8, 4) is 0 Å². The van der Waals surface area contributed by atoms with Crippen molar-refractivity contribution in [3.05, 3.63) is 67.6 Å². The van der Waals surface area contributed by atoms with Gasteiger partial charge in [-0.15, -0.1) is 0 Å². The lowest BCUT2D eigenvalue weighted by atomic mass is 9.96. The van der Waals surface area contributed by atoms with Gasteiger partial charge >= 0.3 is 0 Å². The summed E-state index contributed by atoms with van der Waals surface area (Å²) in [6.45, 7) is 4.22. The monoisotopic (exact) mass is 367 g/mol. The Morgan fingerprint density at radius 3 is 2.00 bits per heavy atom. The summed E-state index contributed by atoms with van der Waals surface area (Å²) in [7, 11) is 0. The molecule has 1 nitrogen and oxygen atoms in total. The predicted molar refractivity (Wildman–Crippen MR) is 83.8 cm³/mol. The van der Waals surface area contributed by atoms with Crippen molar-refractivity contribution in [1.82, 2.24) is 0 Å². The molecule has 0 spiro atoms. The van der Waals surface area contributed by atoms with E-state index in [-0.39, 0.29) is 6.04 Å². The van der Waals surface area contributed by atoms with Gasteiger partial charge in [-0.2, -0.15) is 0 Å². The van der Waals surface area contributed by atoms with E-state index in [0.717, 1.165) is 20.1 Å². The first-order chi connectivity index (χ1) is 8.47. The van der Waals surface area contributed by atoms with Crippen LogP contribution in [0.1, 0.15) is 28.3 Å². The molecule has 94 valence electrons. The van der Waals surface area contributed by atoms with Gasteiger partial charge in [0.25, 0.3) is 0 Å². The maximum Gasteiger partial charge on any atom is 0.0552 e. The summed E-state index contributed by atoms with van der Waals surface area (Å²) in [5.41, 5.74) is 11.1. The summed E-state index contributed by atoms with van der Waals surface area (Å²) in [6.07, 6.45) is 0. The Hall–Kier alpha value is -0.640. The second-order valence-corrected chi connectivity index (χ2v) is 6.36. The third kappa shape index (κ3) is 3.02. The lowest BCUT2D eigenvalue weighted by molar-refractivity contribution is 0.867. The lowest BCUT2D eigenvalue weighted by Gasteiger charge is -2.15. The van der Waals surface area contributed by atoms with Crippen LogP contribution in [0.15, 0.2) is 45.3 Å². The van der Waals surface area contributed by atoms with Crippen LogP contribution in [0, 0.1) is 13.8 Å². The Balaban J connectivity index is 2.40. The van der Waals surface area contributed by atoms with Crippen LogP contribution in [0.25, 0.3) is 0 Å². The van der Waals surface area contributed by atoms with Crippen LogP contribution in [-0.4, -0.2) is 0 Å². The van der Waals surface area contributed by atoms with Crippen molar-refractivity contribution in [1.29, 1.82) is 0 Å². The largest absolute Gasteiger partial charge is 0.320 e. The molecule has 0 bridgehead atoms. The molecule has 0 aromatic heterocycles. The van der Waals surface area contributed by atoms with E-state index in [1.165, 1.54) is 11.1 Å². The van der Waals surface area contributed by atoms with Gasteiger partial charge in [0.1, 0.15) is 0 Å². The molecule has 2 N–H and O–H groups in total. The molecule has 2 aromatic carbocycles. The highest BCUT2D eigenvalue weighted by molar-refractivity contribution is 9.11. The summed E-state index contributed by atoms with van der Waals surface area (Å²) in [6, 6.07) is 12.4. The number of halogens is 2. The van der Waals surface area contributed by atoms with Crippen LogP contribution in [0.5, 0.6) is 0 Å². The minimum atomic E-state index is -0.0990. The molecule has 0 fully saturated rings. The normalized spacial score (nSPS) is 12.5. The average Bonchev–Trinajstić information content (AvgIpc) is 2.30. The maximum absolute atomic E-state index is 6.33. The Morgan fingerprint density at radius 1 is 0.833 bits per heavy atom. The van der Waals surface area contributed by atoms with Crippen LogP contribution < -0.4 is 5.73 Å². The van der Waals surface area contributed by atoms with Gasteiger partial charge in [-0.1, -0.05) is 50.1 Å². The fourth-order valence-corrected chi connectivity index (χ4v) is 3.23. The molecule has 0 aliphatic rings. The van der Waals surface area contributed by atoms with Gasteiger partial charge < -0.3 is 5.73 Å². The van der Waals surface area contributed by atoms with E-state index in [1.54, 1.807) is 0 Å². The second-order valence-electron chi connectivity index (χ2n) is 4.52. The van der Waals surface area contributed by atoms with Gasteiger partial charge in [-0.05, 0) is 54.3 Å². The molecule has 0 saturated carbocycles. The van der Waals surface area contributed by atoms with Crippen molar-refractivity contribution in [2.45, 2.75) is 19.9 Å². The topological polar surface area (TPSA) is 26.0 Å². The van der Waals surface area contributed by atoms with Gasteiger partial charge in [-0.3, -0.25) is 0 Å². The van der Waals surface area contributed by atoms with E-state index in [2.05, 4.69) is 76.0 Å². The van der Waals surface area contributed by atoms with E-state index in [0.29, 0.717) is 0 Å². The molecular weight excluding hydrogens is 354 g/mol. The molecule has 3 heteroatoms. The van der Waals surface area contributed by atoms with Gasteiger partial charge in [0.05, 0.1) is 6.04 Å². The highest BCUT2D eigenvalue weighted by Crippen LogP contribution is 2.27. The standard InChI is InChI=1S/C15H15Br2N/c1-9-3-4-11(5-10(9)2)15(18)12-6-13(16)8-14(17)7-12/h3-8,15H,18H2,1-2H3. The maximum atomic E-state index is 6.33. The number of aryl methyl sites for hydroxylation is 2. The number of rotatable bonds is 2. The van der Waals surface area contributed by atoms with E-state index in [4.69, 9.17) is 5.73 Å².